The number of methoxy groups -OCH3 is 1. The van der Waals surface area contributed by atoms with E-state index in [0.717, 1.165) is 4.90 Å². The van der Waals surface area contributed by atoms with Gasteiger partial charge >= 0.3 is 0 Å². The van der Waals surface area contributed by atoms with Crippen LogP contribution in [0.1, 0.15) is 13.8 Å². The first-order valence-electron chi connectivity index (χ1n) is 6.99. The minimum absolute atomic E-state index is 0.0914. The van der Waals surface area contributed by atoms with Crippen LogP contribution in [0, 0.1) is 0 Å². The highest BCUT2D eigenvalue weighted by molar-refractivity contribution is 8.00. The average Bonchev–Trinajstić information content (AvgIpc) is 2.44. The number of thioether (sulfide) groups is 1. The number of carbonyl (C=O) groups is 1. The Labute approximate surface area is 129 Å². The van der Waals surface area contributed by atoms with Crippen LogP contribution in [-0.2, 0) is 9.53 Å². The Morgan fingerprint density at radius 1 is 1.43 bits per heavy atom. The molecule has 2 unspecified atom stereocenters. The summed E-state index contributed by atoms with van der Waals surface area (Å²) in [5.74, 6) is 1.22. The molecule has 2 atom stereocenters. The lowest BCUT2D eigenvalue weighted by Gasteiger charge is -2.35. The van der Waals surface area contributed by atoms with E-state index >= 15 is 0 Å². The fourth-order valence-electron chi connectivity index (χ4n) is 2.42. The zero-order valence-electron chi connectivity index (χ0n) is 12.7. The number of carbonyl (C=O) groups excluding carboxylic acids is 1. The highest BCUT2D eigenvalue weighted by atomic mass is 32.2. The molecule has 2 N–H and O–H groups in total. The number of amides is 1. The van der Waals surface area contributed by atoms with Crippen molar-refractivity contribution >= 4 is 23.4 Å². The molecule has 5 nitrogen and oxygen atoms in total. The van der Waals surface area contributed by atoms with Crippen LogP contribution >= 0.6 is 11.8 Å². The van der Waals surface area contributed by atoms with Crippen molar-refractivity contribution in [3.8, 4) is 5.75 Å². The van der Waals surface area contributed by atoms with Crippen molar-refractivity contribution in [3.05, 3.63) is 18.2 Å². The molecule has 0 radical (unpaired) electrons. The Bertz CT molecular complexity index is 500. The summed E-state index contributed by atoms with van der Waals surface area (Å²) in [7, 11) is 1.60. The summed E-state index contributed by atoms with van der Waals surface area (Å²) in [6.45, 7) is 5.30. The lowest BCUT2D eigenvalue weighted by molar-refractivity contribution is -0.140. The summed E-state index contributed by atoms with van der Waals surface area (Å²) in [5, 5.41) is 0. The molecular weight excluding hydrogens is 288 g/mol. The largest absolute Gasteiger partial charge is 0.496 e. The summed E-state index contributed by atoms with van der Waals surface area (Å²) >= 11 is 1.47. The summed E-state index contributed by atoms with van der Waals surface area (Å²) < 4.78 is 10.9. The number of nitrogen functional groups attached to an aromatic ring is 1. The second-order valence-electron chi connectivity index (χ2n) is 5.26. The number of hydrogen-bond acceptors (Lipinski definition) is 5. The van der Waals surface area contributed by atoms with Crippen LogP contribution in [0.5, 0.6) is 5.75 Å². The minimum Gasteiger partial charge on any atom is -0.496 e. The molecule has 1 aliphatic rings. The van der Waals surface area contributed by atoms with Crippen molar-refractivity contribution in [1.29, 1.82) is 0 Å². The predicted molar refractivity (Wildman–Crippen MR) is 84.7 cm³/mol. The van der Waals surface area contributed by atoms with E-state index < -0.39 is 0 Å². The van der Waals surface area contributed by atoms with Gasteiger partial charge in [-0.15, -0.1) is 11.8 Å². The molecule has 0 aromatic heterocycles. The molecule has 0 bridgehead atoms. The van der Waals surface area contributed by atoms with Gasteiger partial charge in [0, 0.05) is 29.7 Å². The fraction of sp³-hybridized carbons (Fsp3) is 0.533. The monoisotopic (exact) mass is 310 g/mol. The van der Waals surface area contributed by atoms with E-state index in [9.17, 15) is 4.79 Å². The van der Waals surface area contributed by atoms with Crippen LogP contribution in [0.2, 0.25) is 0 Å². The summed E-state index contributed by atoms with van der Waals surface area (Å²) in [6.07, 6.45) is 0.183. The molecule has 1 aromatic carbocycles. The van der Waals surface area contributed by atoms with E-state index in [4.69, 9.17) is 15.2 Å². The van der Waals surface area contributed by atoms with Crippen molar-refractivity contribution < 1.29 is 14.3 Å². The van der Waals surface area contributed by atoms with Crippen molar-refractivity contribution in [2.24, 2.45) is 0 Å². The molecule has 1 amide bonds. The van der Waals surface area contributed by atoms with E-state index in [1.165, 1.54) is 11.8 Å². The van der Waals surface area contributed by atoms with Crippen molar-refractivity contribution in [3.63, 3.8) is 0 Å². The fourth-order valence-corrected chi connectivity index (χ4v) is 3.33. The molecule has 1 saturated heterocycles. The highest BCUT2D eigenvalue weighted by Crippen LogP contribution is 2.31. The topological polar surface area (TPSA) is 64.8 Å². The van der Waals surface area contributed by atoms with Gasteiger partial charge in [0.15, 0.2) is 0 Å². The SMILES string of the molecule is COc1cc(N)ccc1SCC(=O)N1CC(C)OC(C)C1. The van der Waals surface area contributed by atoms with E-state index in [2.05, 4.69) is 0 Å². The van der Waals surface area contributed by atoms with E-state index in [1.807, 2.05) is 30.9 Å². The molecule has 116 valence electrons. The van der Waals surface area contributed by atoms with Gasteiger partial charge < -0.3 is 20.1 Å². The van der Waals surface area contributed by atoms with Gasteiger partial charge in [-0.3, -0.25) is 4.79 Å². The smallest absolute Gasteiger partial charge is 0.233 e. The Morgan fingerprint density at radius 3 is 2.71 bits per heavy atom. The van der Waals surface area contributed by atoms with Crippen LogP contribution < -0.4 is 10.5 Å². The average molecular weight is 310 g/mol. The molecule has 1 heterocycles. The van der Waals surface area contributed by atoms with Gasteiger partial charge in [-0.05, 0) is 26.0 Å². The molecule has 1 fully saturated rings. The second-order valence-corrected chi connectivity index (χ2v) is 6.27. The number of hydrogen-bond donors (Lipinski definition) is 1. The molecule has 0 aliphatic carbocycles. The molecule has 0 saturated carbocycles. The molecule has 1 aliphatic heterocycles. The maximum Gasteiger partial charge on any atom is 0.233 e. The Balaban J connectivity index is 1.95. The summed E-state index contributed by atoms with van der Waals surface area (Å²) in [5.41, 5.74) is 6.38. The quantitative estimate of drug-likeness (QED) is 0.681. The Hall–Kier alpha value is -1.40. The van der Waals surface area contributed by atoms with Gasteiger partial charge in [-0.25, -0.2) is 0 Å². The number of morpholine rings is 1. The zero-order valence-corrected chi connectivity index (χ0v) is 13.5. The van der Waals surface area contributed by atoms with Crippen LogP contribution in [0.3, 0.4) is 0 Å². The molecule has 6 heteroatoms. The number of benzene rings is 1. The van der Waals surface area contributed by atoms with Gasteiger partial charge in [0.1, 0.15) is 5.75 Å². The zero-order chi connectivity index (χ0) is 15.4. The van der Waals surface area contributed by atoms with Crippen LogP contribution in [-0.4, -0.2) is 49.0 Å². The number of nitrogens with zero attached hydrogens (tertiary/aromatic N) is 1. The van der Waals surface area contributed by atoms with Gasteiger partial charge in [0.2, 0.25) is 5.91 Å². The third-order valence-electron chi connectivity index (χ3n) is 3.31. The molecule has 2 rings (SSSR count). The van der Waals surface area contributed by atoms with Crippen molar-refractivity contribution in [2.45, 2.75) is 31.0 Å². The van der Waals surface area contributed by atoms with Gasteiger partial charge in [-0.2, -0.15) is 0 Å². The highest BCUT2D eigenvalue weighted by Gasteiger charge is 2.25. The third kappa shape index (κ3) is 4.28. The Morgan fingerprint density at radius 2 is 2.10 bits per heavy atom. The predicted octanol–water partition coefficient (Wildman–Crippen LogP) is 2.01. The number of rotatable bonds is 4. The molecule has 21 heavy (non-hydrogen) atoms. The lowest BCUT2D eigenvalue weighted by atomic mass is 10.2. The second kappa shape index (κ2) is 7.04. The van der Waals surface area contributed by atoms with Gasteiger partial charge in [-0.1, -0.05) is 0 Å². The third-order valence-corrected chi connectivity index (χ3v) is 4.35. The lowest BCUT2D eigenvalue weighted by Crippen LogP contribution is -2.48. The van der Waals surface area contributed by atoms with Crippen molar-refractivity contribution in [1.82, 2.24) is 4.90 Å². The van der Waals surface area contributed by atoms with Crippen LogP contribution in [0.15, 0.2) is 23.1 Å². The molecule has 0 spiro atoms. The minimum atomic E-state index is 0.0914. The number of ether oxygens (including phenoxy) is 2. The van der Waals surface area contributed by atoms with Crippen LogP contribution in [0.4, 0.5) is 5.69 Å². The Kier molecular flexibility index (Phi) is 5.36. The number of nitrogens with two attached hydrogens (primary N) is 1. The van der Waals surface area contributed by atoms with E-state index in [0.29, 0.717) is 30.3 Å². The first-order chi connectivity index (χ1) is 9.99. The summed E-state index contributed by atoms with van der Waals surface area (Å²) in [6, 6.07) is 5.47. The maximum atomic E-state index is 12.3. The first-order valence-corrected chi connectivity index (χ1v) is 7.97. The normalized spacial score (nSPS) is 22.1. The number of anilines is 1. The molecular formula is C15H22N2O3S. The summed E-state index contributed by atoms with van der Waals surface area (Å²) in [4.78, 5) is 15.1. The first kappa shape index (κ1) is 16.0. The van der Waals surface area contributed by atoms with Crippen molar-refractivity contribution in [2.75, 3.05) is 31.7 Å². The molecule has 1 aromatic rings. The van der Waals surface area contributed by atoms with Crippen LogP contribution in [0.25, 0.3) is 0 Å². The van der Waals surface area contributed by atoms with E-state index in [1.54, 1.807) is 13.2 Å². The van der Waals surface area contributed by atoms with Gasteiger partial charge in [0.05, 0.1) is 25.1 Å². The van der Waals surface area contributed by atoms with Gasteiger partial charge in [0.25, 0.3) is 0 Å². The van der Waals surface area contributed by atoms with E-state index in [-0.39, 0.29) is 18.1 Å². The maximum absolute atomic E-state index is 12.3. The standard InChI is InChI=1S/C15H22N2O3S/c1-10-7-17(8-11(2)20-10)15(18)9-21-14-5-4-12(16)6-13(14)19-3/h4-6,10-11H,7-9,16H2,1-3H3.